The predicted octanol–water partition coefficient (Wildman–Crippen LogP) is 4.85. The maximum Gasteiger partial charge on any atom is 0.275 e. The average Bonchev–Trinajstić information content (AvgIpc) is 3.16. The van der Waals surface area contributed by atoms with Crippen molar-refractivity contribution >= 4 is 46.6 Å². The van der Waals surface area contributed by atoms with E-state index in [-0.39, 0.29) is 29.5 Å². The van der Waals surface area contributed by atoms with Gasteiger partial charge >= 0.3 is 0 Å². The number of halogens is 5. The summed E-state index contributed by atoms with van der Waals surface area (Å²) in [4.78, 5) is 26.5. The van der Waals surface area contributed by atoms with Crippen LogP contribution in [-0.2, 0) is 4.79 Å². The average molecular weight is 559 g/mol. The Morgan fingerprint density at radius 3 is 2.33 bits per heavy atom. The van der Waals surface area contributed by atoms with Gasteiger partial charge in [-0.25, -0.2) is 8.78 Å². The second-order valence-electron chi connectivity index (χ2n) is 8.07. The lowest BCUT2D eigenvalue weighted by atomic mass is 9.88. The minimum atomic E-state index is -3.14. The molecule has 1 aromatic heterocycles. The summed E-state index contributed by atoms with van der Waals surface area (Å²) >= 11 is 18.2. The largest absolute Gasteiger partial charge is 0.438 e. The first-order valence-electron chi connectivity index (χ1n) is 10.7. The number of nitrogens with two attached hydrogens (primary N) is 1. The second kappa shape index (κ2) is 10.2. The van der Waals surface area contributed by atoms with Crippen molar-refractivity contribution in [2.24, 2.45) is 5.73 Å². The summed E-state index contributed by atoms with van der Waals surface area (Å²) in [5, 5.41) is 7.95. The van der Waals surface area contributed by atoms with Crippen molar-refractivity contribution in [1.29, 1.82) is 0 Å². The highest BCUT2D eigenvalue weighted by molar-refractivity contribution is 6.35. The number of hydrogen-bond acceptors (Lipinski definition) is 5. The first kappa shape index (κ1) is 26.2. The lowest BCUT2D eigenvalue weighted by Gasteiger charge is -2.48. The molecule has 2 aromatic carbocycles. The number of benzene rings is 2. The second-order valence-corrected chi connectivity index (χ2v) is 9.35. The van der Waals surface area contributed by atoms with Crippen LogP contribution in [0.5, 0.6) is 11.6 Å². The van der Waals surface area contributed by atoms with Crippen molar-refractivity contribution in [3.05, 3.63) is 68.8 Å². The predicted molar refractivity (Wildman–Crippen MR) is 132 cm³/mol. The number of amides is 2. The van der Waals surface area contributed by atoms with Crippen LogP contribution in [0.3, 0.4) is 0 Å². The molecule has 0 radical (unpaired) electrons. The molecule has 1 saturated heterocycles. The Morgan fingerprint density at radius 2 is 1.78 bits per heavy atom. The van der Waals surface area contributed by atoms with Gasteiger partial charge in [0.05, 0.1) is 23.8 Å². The summed E-state index contributed by atoms with van der Waals surface area (Å²) in [5.41, 5.74) is 3.23. The minimum absolute atomic E-state index is 0.0922. The number of nitrogens with zero attached hydrogens (tertiary/aromatic N) is 3. The number of alkyl halides is 2. The van der Waals surface area contributed by atoms with Gasteiger partial charge in [0.15, 0.2) is 5.69 Å². The lowest BCUT2D eigenvalue weighted by Crippen LogP contribution is -2.75. The summed E-state index contributed by atoms with van der Waals surface area (Å²) in [6.45, 7) is 2.01. The Hall–Kier alpha value is -2.92. The Labute approximate surface area is 219 Å². The van der Waals surface area contributed by atoms with Gasteiger partial charge in [0.2, 0.25) is 11.8 Å². The Kier molecular flexibility index (Phi) is 7.42. The zero-order valence-electron chi connectivity index (χ0n) is 18.8. The van der Waals surface area contributed by atoms with Crippen LogP contribution in [0.1, 0.15) is 29.4 Å². The smallest absolute Gasteiger partial charge is 0.275 e. The van der Waals surface area contributed by atoms with Crippen LogP contribution < -0.4 is 15.8 Å². The molecule has 2 amide bonds. The molecule has 2 heterocycles. The number of primary amides is 1. The zero-order chi connectivity index (χ0) is 26.2. The molecule has 4 rings (SSSR count). The number of likely N-dealkylation sites (tertiary alicyclic amines) is 1. The minimum Gasteiger partial charge on any atom is -0.438 e. The fourth-order valence-corrected chi connectivity index (χ4v) is 4.50. The van der Waals surface area contributed by atoms with E-state index in [1.807, 2.05) is 0 Å². The molecule has 190 valence electrons. The van der Waals surface area contributed by atoms with Gasteiger partial charge in [-0.3, -0.25) is 9.59 Å². The van der Waals surface area contributed by atoms with Gasteiger partial charge in [-0.2, -0.15) is 9.78 Å². The van der Waals surface area contributed by atoms with Crippen LogP contribution in [0.2, 0.25) is 15.1 Å². The standard InChI is InChI=1S/C23H20Cl3F2N5O3/c1-2-30-23(22(29)35)10-32(11-23)20(34)18-17(19(27)28)21(36-14-6-3-12(24)4-7-14)33(31-18)16-8-5-13(25)9-15(16)26/h3-9,19,30H,2,10-11H2,1H3,(H2,29,35). The number of hydrogen-bond donors (Lipinski definition) is 2. The van der Waals surface area contributed by atoms with Crippen molar-refractivity contribution in [3.8, 4) is 17.3 Å². The zero-order valence-corrected chi connectivity index (χ0v) is 21.0. The molecule has 0 unspecified atom stereocenters. The van der Waals surface area contributed by atoms with E-state index in [0.717, 1.165) is 4.68 Å². The Bertz CT molecular complexity index is 1310. The van der Waals surface area contributed by atoms with Gasteiger partial charge < -0.3 is 20.7 Å². The van der Waals surface area contributed by atoms with Crippen LogP contribution in [0.15, 0.2) is 42.5 Å². The van der Waals surface area contributed by atoms with E-state index in [9.17, 15) is 18.4 Å². The number of carbonyl (C=O) groups is 2. The molecule has 0 aliphatic carbocycles. The van der Waals surface area contributed by atoms with E-state index < -0.39 is 40.9 Å². The van der Waals surface area contributed by atoms with Gasteiger partial charge in [0, 0.05) is 10.0 Å². The normalized spacial score (nSPS) is 14.6. The summed E-state index contributed by atoms with van der Waals surface area (Å²) in [6, 6.07) is 10.4. The molecule has 36 heavy (non-hydrogen) atoms. The fraction of sp³-hybridized carbons (Fsp3) is 0.261. The van der Waals surface area contributed by atoms with Gasteiger partial charge in [-0.1, -0.05) is 41.7 Å². The molecule has 8 nitrogen and oxygen atoms in total. The van der Waals surface area contributed by atoms with Crippen LogP contribution in [-0.4, -0.2) is 51.7 Å². The monoisotopic (exact) mass is 557 g/mol. The van der Waals surface area contributed by atoms with Crippen LogP contribution in [0, 0.1) is 0 Å². The van der Waals surface area contributed by atoms with Gasteiger partial charge in [-0.05, 0) is 49.0 Å². The summed E-state index contributed by atoms with van der Waals surface area (Å²) in [7, 11) is 0. The highest BCUT2D eigenvalue weighted by atomic mass is 35.5. The molecule has 0 atom stereocenters. The Morgan fingerprint density at radius 1 is 1.14 bits per heavy atom. The molecule has 3 aromatic rings. The number of nitrogens with one attached hydrogen (secondary N) is 1. The summed E-state index contributed by atoms with van der Waals surface area (Å²) in [5.74, 6) is -1.69. The molecular formula is C23H20Cl3F2N5O3. The van der Waals surface area contributed by atoms with Crippen molar-refractivity contribution in [1.82, 2.24) is 20.0 Å². The Balaban J connectivity index is 1.81. The third kappa shape index (κ3) is 4.86. The molecule has 3 N–H and O–H groups in total. The van der Waals surface area contributed by atoms with E-state index in [4.69, 9.17) is 45.3 Å². The van der Waals surface area contributed by atoms with E-state index in [1.54, 1.807) is 6.92 Å². The number of aromatic nitrogens is 2. The lowest BCUT2D eigenvalue weighted by molar-refractivity contribution is -0.130. The van der Waals surface area contributed by atoms with Crippen LogP contribution in [0.25, 0.3) is 5.69 Å². The topological polar surface area (TPSA) is 102 Å². The van der Waals surface area contributed by atoms with E-state index in [2.05, 4.69) is 10.4 Å². The summed E-state index contributed by atoms with van der Waals surface area (Å²) in [6.07, 6.45) is -3.14. The highest BCUT2D eigenvalue weighted by Crippen LogP contribution is 2.40. The quantitative estimate of drug-likeness (QED) is 0.411. The third-order valence-corrected chi connectivity index (χ3v) is 6.45. The first-order chi connectivity index (χ1) is 17.1. The van der Waals surface area contributed by atoms with E-state index >= 15 is 0 Å². The molecule has 1 fully saturated rings. The maximum absolute atomic E-state index is 14.4. The van der Waals surface area contributed by atoms with Crippen molar-refractivity contribution < 1.29 is 23.1 Å². The number of likely N-dealkylation sites (N-methyl/N-ethyl adjacent to an activating group) is 1. The molecule has 1 aliphatic heterocycles. The fourth-order valence-electron chi connectivity index (χ4n) is 3.89. The van der Waals surface area contributed by atoms with Gasteiger partial charge in [0.25, 0.3) is 12.3 Å². The highest BCUT2D eigenvalue weighted by Gasteiger charge is 2.50. The van der Waals surface area contributed by atoms with Crippen LogP contribution in [0.4, 0.5) is 8.78 Å². The molecule has 0 spiro atoms. The van der Waals surface area contributed by atoms with E-state index in [0.29, 0.717) is 16.6 Å². The van der Waals surface area contributed by atoms with E-state index in [1.165, 1.54) is 47.4 Å². The maximum atomic E-state index is 14.4. The number of rotatable bonds is 8. The number of carbonyl (C=O) groups excluding carboxylic acids is 2. The van der Waals surface area contributed by atoms with Crippen molar-refractivity contribution in [2.75, 3.05) is 19.6 Å². The summed E-state index contributed by atoms with van der Waals surface area (Å²) < 4.78 is 35.7. The molecule has 1 aliphatic rings. The first-order valence-corrected chi connectivity index (χ1v) is 11.8. The van der Waals surface area contributed by atoms with Crippen molar-refractivity contribution in [2.45, 2.75) is 18.9 Å². The molecular weight excluding hydrogens is 539 g/mol. The van der Waals surface area contributed by atoms with Gasteiger partial charge in [-0.15, -0.1) is 0 Å². The van der Waals surface area contributed by atoms with Gasteiger partial charge in [0.1, 0.15) is 16.9 Å². The third-order valence-electron chi connectivity index (χ3n) is 5.66. The molecule has 13 heteroatoms. The SMILES string of the molecule is CCNC1(C(N)=O)CN(C(=O)c2nn(-c3ccc(Cl)cc3Cl)c(Oc3ccc(Cl)cc3)c2C(F)F)C1. The van der Waals surface area contributed by atoms with Crippen molar-refractivity contribution in [3.63, 3.8) is 0 Å². The molecule has 0 bridgehead atoms. The number of ether oxygens (including phenoxy) is 1. The van der Waals surface area contributed by atoms with Crippen LogP contribution >= 0.6 is 34.8 Å². The molecule has 0 saturated carbocycles.